The molecule has 0 bridgehead atoms. The van der Waals surface area contributed by atoms with Crippen LogP contribution in [0.1, 0.15) is 45.7 Å². The summed E-state index contributed by atoms with van der Waals surface area (Å²) in [5.41, 5.74) is 1.44. The van der Waals surface area contributed by atoms with Crippen LogP contribution in [0.2, 0.25) is 5.02 Å². The van der Waals surface area contributed by atoms with Crippen molar-refractivity contribution < 1.29 is 19.1 Å². The fraction of sp³-hybridized carbons (Fsp3) is 0.560. The highest BCUT2D eigenvalue weighted by Crippen LogP contribution is 2.32. The highest BCUT2D eigenvalue weighted by Gasteiger charge is 2.37. The average Bonchev–Trinajstić information content (AvgIpc) is 3.02. The van der Waals surface area contributed by atoms with E-state index in [9.17, 15) is 14.4 Å². The van der Waals surface area contributed by atoms with Crippen LogP contribution in [0, 0.1) is 0 Å². The minimum absolute atomic E-state index is 0.0808. The predicted octanol–water partition coefficient (Wildman–Crippen LogP) is 3.37. The van der Waals surface area contributed by atoms with Crippen LogP contribution < -0.4 is 10.6 Å². The minimum atomic E-state index is -0.647. The van der Waals surface area contributed by atoms with Crippen LogP contribution in [0.3, 0.4) is 0 Å². The second-order valence-corrected chi connectivity index (χ2v) is 10.3. The maximum absolute atomic E-state index is 13.1. The first-order valence-electron chi connectivity index (χ1n) is 12.0. The van der Waals surface area contributed by atoms with Crippen LogP contribution >= 0.6 is 11.6 Å². The Balaban J connectivity index is 1.87. The largest absolute Gasteiger partial charge is 0.463 e. The Morgan fingerprint density at radius 3 is 2.46 bits per heavy atom. The summed E-state index contributed by atoms with van der Waals surface area (Å²) in [6, 6.07) is 6.04. The quantitative estimate of drug-likeness (QED) is 0.598. The Bertz CT molecular complexity index is 973. The summed E-state index contributed by atoms with van der Waals surface area (Å²) in [5, 5.41) is 6.51. The van der Waals surface area contributed by atoms with Gasteiger partial charge in [0.2, 0.25) is 0 Å². The first-order valence-corrected chi connectivity index (χ1v) is 12.4. The fourth-order valence-electron chi connectivity index (χ4n) is 4.25. The van der Waals surface area contributed by atoms with Crippen LogP contribution in [0.4, 0.5) is 9.59 Å². The van der Waals surface area contributed by atoms with Crippen LogP contribution in [-0.4, -0.2) is 84.6 Å². The van der Waals surface area contributed by atoms with Crippen molar-refractivity contribution in [3.05, 3.63) is 46.1 Å². The van der Waals surface area contributed by atoms with Gasteiger partial charge in [-0.05, 0) is 51.8 Å². The predicted molar refractivity (Wildman–Crippen MR) is 135 cm³/mol. The molecule has 2 aliphatic rings. The second-order valence-electron chi connectivity index (χ2n) is 9.87. The molecule has 1 aromatic rings. The van der Waals surface area contributed by atoms with E-state index in [1.807, 2.05) is 25.7 Å². The molecule has 1 fully saturated rings. The molecule has 1 aromatic carbocycles. The number of halogens is 1. The molecule has 0 saturated carbocycles. The maximum atomic E-state index is 13.1. The summed E-state index contributed by atoms with van der Waals surface area (Å²) in [6.45, 7) is 10.8. The highest BCUT2D eigenvalue weighted by molar-refractivity contribution is 6.30. The van der Waals surface area contributed by atoms with E-state index < -0.39 is 12.0 Å². The Labute approximate surface area is 212 Å². The molecule has 2 heterocycles. The van der Waals surface area contributed by atoms with E-state index in [1.54, 1.807) is 38.2 Å². The molecule has 4 amide bonds. The molecule has 0 unspecified atom stereocenters. The molecule has 10 heteroatoms. The van der Waals surface area contributed by atoms with Crippen LogP contribution in [0.15, 0.2) is 35.5 Å². The summed E-state index contributed by atoms with van der Waals surface area (Å²) in [4.78, 5) is 44.1. The number of likely N-dealkylation sites (N-methyl/N-ethyl adjacent to an activating group) is 1. The standard InChI is InChI=1S/C25H36ClN5O4/c1-6-35-22(32)20-19(29(5)23(33)27-21(20)17-8-10-18(26)11-9-17)16-30-12-7-13-31(15-14-30)24(34)28-25(2,3)4/h8-11,21H,6-7,12-16H2,1-5H3,(H,27,33)(H,28,34)/t21-/m0/s1. The third kappa shape index (κ3) is 6.89. The number of ether oxygens (including phenoxy) is 1. The van der Waals surface area contributed by atoms with E-state index in [2.05, 4.69) is 15.5 Å². The minimum Gasteiger partial charge on any atom is -0.463 e. The SMILES string of the molecule is CCOC(=O)C1=C(CN2CCCN(C(=O)NC(C)(C)C)CC2)N(C)C(=O)N[C@H]1c1ccc(Cl)cc1. The summed E-state index contributed by atoms with van der Waals surface area (Å²) >= 11 is 6.06. The zero-order chi connectivity index (χ0) is 25.8. The number of esters is 1. The van der Waals surface area contributed by atoms with Crippen LogP contribution in [0.25, 0.3) is 0 Å². The van der Waals surface area contributed by atoms with Gasteiger partial charge in [-0.3, -0.25) is 9.80 Å². The lowest BCUT2D eigenvalue weighted by Gasteiger charge is -2.36. The number of carbonyl (C=O) groups excluding carboxylic acids is 3. The maximum Gasteiger partial charge on any atom is 0.338 e. The van der Waals surface area contributed by atoms with Crippen molar-refractivity contribution in [2.75, 3.05) is 46.4 Å². The van der Waals surface area contributed by atoms with E-state index in [1.165, 1.54) is 4.90 Å². The first-order chi connectivity index (χ1) is 16.5. The topological polar surface area (TPSA) is 94.2 Å². The molecule has 1 saturated heterocycles. The number of rotatable bonds is 5. The number of hydrogen-bond donors (Lipinski definition) is 2. The molecule has 0 spiro atoms. The lowest BCUT2D eigenvalue weighted by Crippen LogP contribution is -2.50. The summed E-state index contributed by atoms with van der Waals surface area (Å²) < 4.78 is 5.40. The van der Waals surface area contributed by atoms with Crippen molar-refractivity contribution in [2.24, 2.45) is 0 Å². The normalized spacial score (nSPS) is 19.8. The van der Waals surface area contributed by atoms with Gasteiger partial charge in [0, 0.05) is 56.0 Å². The molecule has 2 aliphatic heterocycles. The molecule has 0 aliphatic carbocycles. The zero-order valence-corrected chi connectivity index (χ0v) is 21.9. The van der Waals surface area contributed by atoms with Gasteiger partial charge in [0.15, 0.2) is 0 Å². The molecule has 0 radical (unpaired) electrons. The van der Waals surface area contributed by atoms with Crippen LogP contribution in [0.5, 0.6) is 0 Å². The third-order valence-corrected chi connectivity index (χ3v) is 6.26. The number of nitrogens with one attached hydrogen (secondary N) is 2. The van der Waals surface area contributed by atoms with Crippen molar-refractivity contribution in [1.29, 1.82) is 0 Å². The fourth-order valence-corrected chi connectivity index (χ4v) is 4.37. The molecule has 2 N–H and O–H groups in total. The van der Waals surface area contributed by atoms with Crippen molar-refractivity contribution in [1.82, 2.24) is 25.3 Å². The Hall–Kier alpha value is -2.78. The molecule has 0 aromatic heterocycles. The molecule has 35 heavy (non-hydrogen) atoms. The summed E-state index contributed by atoms with van der Waals surface area (Å²) in [7, 11) is 1.66. The third-order valence-electron chi connectivity index (χ3n) is 6.01. The van der Waals surface area contributed by atoms with Crippen molar-refractivity contribution in [2.45, 2.75) is 45.7 Å². The van der Waals surface area contributed by atoms with Gasteiger partial charge in [-0.1, -0.05) is 23.7 Å². The van der Waals surface area contributed by atoms with E-state index in [0.29, 0.717) is 42.5 Å². The van der Waals surface area contributed by atoms with Crippen molar-refractivity contribution in [3.8, 4) is 0 Å². The number of nitrogens with zero attached hydrogens (tertiary/aromatic N) is 3. The van der Waals surface area contributed by atoms with Gasteiger partial charge < -0.3 is 20.3 Å². The highest BCUT2D eigenvalue weighted by atomic mass is 35.5. The number of hydrogen-bond acceptors (Lipinski definition) is 5. The molecule has 3 rings (SSSR count). The van der Waals surface area contributed by atoms with Gasteiger partial charge >= 0.3 is 18.0 Å². The van der Waals surface area contributed by atoms with Gasteiger partial charge in [-0.2, -0.15) is 0 Å². The zero-order valence-electron chi connectivity index (χ0n) is 21.2. The number of urea groups is 2. The van der Waals surface area contributed by atoms with Crippen molar-refractivity contribution >= 4 is 29.6 Å². The van der Waals surface area contributed by atoms with Gasteiger partial charge in [0.25, 0.3) is 0 Å². The van der Waals surface area contributed by atoms with Crippen LogP contribution in [-0.2, 0) is 9.53 Å². The Morgan fingerprint density at radius 1 is 1.14 bits per heavy atom. The first kappa shape index (κ1) is 26.8. The van der Waals surface area contributed by atoms with Gasteiger partial charge in [-0.15, -0.1) is 0 Å². The lowest BCUT2D eigenvalue weighted by molar-refractivity contribution is -0.139. The number of carbonyl (C=O) groups is 3. The monoisotopic (exact) mass is 505 g/mol. The Kier molecular flexibility index (Phi) is 8.66. The van der Waals surface area contributed by atoms with Gasteiger partial charge in [0.05, 0.1) is 18.2 Å². The smallest absolute Gasteiger partial charge is 0.338 e. The molecule has 192 valence electrons. The number of amides is 4. The van der Waals surface area contributed by atoms with Gasteiger partial charge in [-0.25, -0.2) is 14.4 Å². The van der Waals surface area contributed by atoms with Gasteiger partial charge in [0.1, 0.15) is 0 Å². The van der Waals surface area contributed by atoms with E-state index in [-0.39, 0.29) is 24.2 Å². The molecule has 9 nitrogen and oxygen atoms in total. The van der Waals surface area contributed by atoms with Crippen molar-refractivity contribution in [3.63, 3.8) is 0 Å². The average molecular weight is 506 g/mol. The van der Waals surface area contributed by atoms with E-state index in [4.69, 9.17) is 16.3 Å². The number of benzene rings is 1. The lowest BCUT2D eigenvalue weighted by atomic mass is 9.94. The molecule has 1 atom stereocenters. The molecular formula is C25H36ClN5O4. The van der Waals surface area contributed by atoms with E-state index >= 15 is 0 Å². The summed E-state index contributed by atoms with van der Waals surface area (Å²) in [6.07, 6.45) is 0.788. The van der Waals surface area contributed by atoms with E-state index in [0.717, 1.165) is 18.5 Å². The summed E-state index contributed by atoms with van der Waals surface area (Å²) in [5.74, 6) is -0.463. The Morgan fingerprint density at radius 2 is 1.83 bits per heavy atom. The second kappa shape index (κ2) is 11.3. The molecular weight excluding hydrogens is 470 g/mol.